The molecule has 0 saturated heterocycles. The molecule has 1 heterocycles. The number of guanidine groups is 1. The number of sulfone groups is 1. The molecule has 0 bridgehead atoms. The first kappa shape index (κ1) is 19.9. The Bertz CT molecular complexity index is 803. The summed E-state index contributed by atoms with van der Waals surface area (Å²) in [5.74, 6) is 1.20. The summed E-state index contributed by atoms with van der Waals surface area (Å²) < 4.78 is 32.7. The smallest absolute Gasteiger partial charge is 0.226 e. The van der Waals surface area contributed by atoms with E-state index in [4.69, 9.17) is 9.15 Å². The van der Waals surface area contributed by atoms with Crippen LogP contribution in [0.3, 0.4) is 0 Å². The molecular formula is C17H24N4O4S. The van der Waals surface area contributed by atoms with Gasteiger partial charge in [0.05, 0.1) is 31.2 Å². The molecular weight excluding hydrogens is 356 g/mol. The molecule has 0 aliphatic rings. The number of oxazole rings is 1. The largest absolute Gasteiger partial charge is 0.444 e. The fraction of sp³-hybridized carbons (Fsp3) is 0.412. The maximum atomic E-state index is 11.0. The summed E-state index contributed by atoms with van der Waals surface area (Å²) in [6, 6.07) is 9.68. The zero-order valence-corrected chi connectivity index (χ0v) is 15.8. The Balaban J connectivity index is 1.70. The second-order valence-electron chi connectivity index (χ2n) is 5.60. The molecule has 0 atom stereocenters. The quantitative estimate of drug-likeness (QED) is 0.381. The van der Waals surface area contributed by atoms with Crippen LogP contribution in [0.2, 0.25) is 0 Å². The van der Waals surface area contributed by atoms with Gasteiger partial charge in [0.1, 0.15) is 16.1 Å². The Hall–Kier alpha value is -2.39. The van der Waals surface area contributed by atoms with Crippen molar-refractivity contribution in [2.24, 2.45) is 4.99 Å². The van der Waals surface area contributed by atoms with Gasteiger partial charge in [-0.05, 0) is 12.1 Å². The lowest BCUT2D eigenvalue weighted by atomic mass is 10.2. The third kappa shape index (κ3) is 7.24. The molecule has 0 saturated carbocycles. The number of hydrogen-bond acceptors (Lipinski definition) is 6. The maximum Gasteiger partial charge on any atom is 0.226 e. The Morgan fingerprint density at radius 2 is 2.00 bits per heavy atom. The van der Waals surface area contributed by atoms with E-state index >= 15 is 0 Å². The third-order valence-corrected chi connectivity index (χ3v) is 4.28. The number of nitrogens with zero attached hydrogens (tertiary/aromatic N) is 2. The van der Waals surface area contributed by atoms with Crippen LogP contribution in [0.1, 0.15) is 5.69 Å². The van der Waals surface area contributed by atoms with E-state index in [1.807, 2.05) is 30.3 Å². The second-order valence-corrected chi connectivity index (χ2v) is 7.86. The van der Waals surface area contributed by atoms with E-state index in [2.05, 4.69) is 20.6 Å². The molecule has 0 aliphatic carbocycles. The molecule has 2 aromatic rings. The van der Waals surface area contributed by atoms with E-state index in [1.165, 1.54) is 6.26 Å². The van der Waals surface area contributed by atoms with Gasteiger partial charge >= 0.3 is 0 Å². The molecule has 2 N–H and O–H groups in total. The van der Waals surface area contributed by atoms with Crippen molar-refractivity contribution >= 4 is 15.8 Å². The number of rotatable bonds is 9. The first-order valence-electron chi connectivity index (χ1n) is 8.18. The van der Waals surface area contributed by atoms with Crippen molar-refractivity contribution in [2.75, 3.05) is 38.8 Å². The van der Waals surface area contributed by atoms with E-state index in [9.17, 15) is 8.42 Å². The molecule has 0 aliphatic heterocycles. The van der Waals surface area contributed by atoms with Crippen LogP contribution in [-0.4, -0.2) is 58.2 Å². The van der Waals surface area contributed by atoms with E-state index in [1.54, 1.807) is 13.3 Å². The Morgan fingerprint density at radius 1 is 1.23 bits per heavy atom. The van der Waals surface area contributed by atoms with Gasteiger partial charge in [-0.2, -0.15) is 0 Å². The third-order valence-electron chi connectivity index (χ3n) is 3.37. The van der Waals surface area contributed by atoms with Crippen molar-refractivity contribution in [2.45, 2.75) is 6.54 Å². The highest BCUT2D eigenvalue weighted by Crippen LogP contribution is 2.17. The molecule has 0 amide bonds. The van der Waals surface area contributed by atoms with E-state index in [0.29, 0.717) is 31.5 Å². The van der Waals surface area contributed by atoms with Crippen molar-refractivity contribution in [3.05, 3.63) is 42.3 Å². The zero-order valence-electron chi connectivity index (χ0n) is 14.9. The van der Waals surface area contributed by atoms with Crippen LogP contribution < -0.4 is 10.6 Å². The molecule has 0 spiro atoms. The van der Waals surface area contributed by atoms with Crippen molar-refractivity contribution < 1.29 is 17.6 Å². The van der Waals surface area contributed by atoms with Gasteiger partial charge in [0.2, 0.25) is 5.89 Å². The highest BCUT2D eigenvalue weighted by molar-refractivity contribution is 7.90. The van der Waals surface area contributed by atoms with Crippen LogP contribution in [0.25, 0.3) is 11.5 Å². The number of aliphatic imine (C=N–C) groups is 1. The topological polar surface area (TPSA) is 106 Å². The summed E-state index contributed by atoms with van der Waals surface area (Å²) in [5.41, 5.74) is 1.68. The van der Waals surface area contributed by atoms with Crippen LogP contribution in [-0.2, 0) is 21.1 Å². The van der Waals surface area contributed by atoms with Gasteiger partial charge < -0.3 is 19.8 Å². The summed E-state index contributed by atoms with van der Waals surface area (Å²) in [4.78, 5) is 8.55. The van der Waals surface area contributed by atoms with Crippen LogP contribution in [0.5, 0.6) is 0 Å². The van der Waals surface area contributed by atoms with Crippen LogP contribution in [0.4, 0.5) is 0 Å². The predicted molar refractivity (Wildman–Crippen MR) is 101 cm³/mol. The van der Waals surface area contributed by atoms with Crippen molar-refractivity contribution in [1.29, 1.82) is 0 Å². The lowest BCUT2D eigenvalue weighted by molar-refractivity contribution is 0.154. The van der Waals surface area contributed by atoms with Crippen LogP contribution >= 0.6 is 0 Å². The number of hydrogen-bond donors (Lipinski definition) is 2. The highest BCUT2D eigenvalue weighted by atomic mass is 32.2. The van der Waals surface area contributed by atoms with Gasteiger partial charge in [-0.25, -0.2) is 13.4 Å². The molecule has 9 heteroatoms. The molecule has 0 fully saturated rings. The number of ether oxygens (including phenoxy) is 1. The Kier molecular flexibility index (Phi) is 7.61. The SMILES string of the molecule is CN=C(NCCOCCS(C)(=O)=O)NCc1coc(-c2ccccc2)n1. The molecule has 0 unspecified atom stereocenters. The van der Waals surface area contributed by atoms with Crippen molar-refractivity contribution in [3.63, 3.8) is 0 Å². The molecule has 1 aromatic carbocycles. The van der Waals surface area contributed by atoms with Crippen molar-refractivity contribution in [3.8, 4) is 11.5 Å². The fourth-order valence-corrected chi connectivity index (χ4v) is 2.47. The lowest BCUT2D eigenvalue weighted by Crippen LogP contribution is -2.38. The minimum absolute atomic E-state index is 0.0237. The highest BCUT2D eigenvalue weighted by Gasteiger charge is 2.07. The van der Waals surface area contributed by atoms with E-state index < -0.39 is 9.84 Å². The summed E-state index contributed by atoms with van der Waals surface area (Å²) in [6.45, 7) is 1.55. The van der Waals surface area contributed by atoms with Gasteiger partial charge in [-0.3, -0.25) is 4.99 Å². The van der Waals surface area contributed by atoms with Crippen LogP contribution in [0.15, 0.2) is 46.0 Å². The zero-order chi connectivity index (χ0) is 18.8. The predicted octanol–water partition coefficient (Wildman–Crippen LogP) is 1.07. The summed E-state index contributed by atoms with van der Waals surface area (Å²) in [7, 11) is -1.32. The minimum atomic E-state index is -2.99. The Labute approximate surface area is 153 Å². The molecule has 142 valence electrons. The Morgan fingerprint density at radius 3 is 2.69 bits per heavy atom. The van der Waals surface area contributed by atoms with Gasteiger partial charge in [-0.15, -0.1) is 0 Å². The first-order chi connectivity index (χ1) is 12.5. The van der Waals surface area contributed by atoms with Crippen LogP contribution in [0, 0.1) is 0 Å². The molecule has 26 heavy (non-hydrogen) atoms. The molecule has 1 aromatic heterocycles. The molecule has 8 nitrogen and oxygen atoms in total. The average molecular weight is 380 g/mol. The van der Waals surface area contributed by atoms with E-state index in [0.717, 1.165) is 11.3 Å². The second kappa shape index (κ2) is 9.93. The standard InChI is InChI=1S/C17H24N4O4S/c1-18-17(19-8-9-24-10-11-26(2,22)23)20-12-15-13-25-16(21-15)14-6-4-3-5-7-14/h3-7,13H,8-12H2,1-2H3,(H2,18,19,20). The number of benzene rings is 1. The monoisotopic (exact) mass is 380 g/mol. The summed E-state index contributed by atoms with van der Waals surface area (Å²) >= 11 is 0. The average Bonchev–Trinajstić information content (AvgIpc) is 3.09. The fourth-order valence-electron chi connectivity index (χ4n) is 2.05. The number of aromatic nitrogens is 1. The minimum Gasteiger partial charge on any atom is -0.444 e. The van der Waals surface area contributed by atoms with Crippen molar-refractivity contribution in [1.82, 2.24) is 15.6 Å². The van der Waals surface area contributed by atoms with Gasteiger partial charge in [0, 0.05) is 25.4 Å². The molecule has 0 radical (unpaired) electrons. The van der Waals surface area contributed by atoms with Gasteiger partial charge in [0.15, 0.2) is 5.96 Å². The number of nitrogens with one attached hydrogen (secondary N) is 2. The van der Waals surface area contributed by atoms with Gasteiger partial charge in [-0.1, -0.05) is 18.2 Å². The summed E-state index contributed by atoms with van der Waals surface area (Å²) in [6.07, 6.45) is 2.80. The lowest BCUT2D eigenvalue weighted by Gasteiger charge is -2.10. The normalized spacial score (nSPS) is 12.2. The summed E-state index contributed by atoms with van der Waals surface area (Å²) in [5, 5.41) is 6.21. The van der Waals surface area contributed by atoms with Gasteiger partial charge in [0.25, 0.3) is 0 Å². The maximum absolute atomic E-state index is 11.0. The van der Waals surface area contributed by atoms with E-state index in [-0.39, 0.29) is 12.4 Å². The first-order valence-corrected chi connectivity index (χ1v) is 10.2. The molecule has 2 rings (SSSR count).